The molecule has 1 aliphatic heterocycles. The van der Waals surface area contributed by atoms with Crippen molar-refractivity contribution in [3.63, 3.8) is 0 Å². The van der Waals surface area contributed by atoms with E-state index in [4.69, 9.17) is 16.3 Å². The van der Waals surface area contributed by atoms with Gasteiger partial charge in [0.25, 0.3) is 0 Å². The first-order chi connectivity index (χ1) is 4.30. The molecule has 0 N–H and O–H groups in total. The summed E-state index contributed by atoms with van der Waals surface area (Å²) in [7, 11) is 0. The molecule has 0 aromatic carbocycles. The van der Waals surface area contributed by atoms with Gasteiger partial charge in [-0.1, -0.05) is 0 Å². The molecule has 2 nitrogen and oxygen atoms in total. The molecule has 1 rings (SSSR count). The summed E-state index contributed by atoms with van der Waals surface area (Å²) in [5, 5.41) is -0.352. The molecule has 0 aromatic rings. The highest BCUT2D eigenvalue weighted by molar-refractivity contribution is 6.64. The molecule has 52 valence electrons. The van der Waals surface area contributed by atoms with E-state index in [0.29, 0.717) is 6.61 Å². The second kappa shape index (κ2) is 3.18. The van der Waals surface area contributed by atoms with Crippen LogP contribution in [0, 0.1) is 0 Å². The van der Waals surface area contributed by atoms with E-state index >= 15 is 0 Å². The fourth-order valence-electron chi connectivity index (χ4n) is 0.920. The SMILES string of the molecule is O=C(Cl)[C@H]1CCCCO1. The van der Waals surface area contributed by atoms with Crippen molar-refractivity contribution >= 4 is 16.8 Å². The second-order valence-electron chi connectivity index (χ2n) is 2.16. The fourth-order valence-corrected chi connectivity index (χ4v) is 1.09. The van der Waals surface area contributed by atoms with Crippen LogP contribution in [0.3, 0.4) is 0 Å². The Morgan fingerprint density at radius 3 is 2.67 bits per heavy atom. The van der Waals surface area contributed by atoms with Gasteiger partial charge in [-0.05, 0) is 30.9 Å². The monoisotopic (exact) mass is 148 g/mol. The Kier molecular flexibility index (Phi) is 2.49. The van der Waals surface area contributed by atoms with Gasteiger partial charge in [0.1, 0.15) is 6.10 Å². The first-order valence-electron chi connectivity index (χ1n) is 3.11. The minimum absolute atomic E-state index is 0.319. The number of hydrogen-bond donors (Lipinski definition) is 0. The number of hydrogen-bond acceptors (Lipinski definition) is 2. The molecule has 0 saturated carbocycles. The number of carbonyl (C=O) groups excluding carboxylic acids is 1. The van der Waals surface area contributed by atoms with Crippen LogP contribution in [-0.4, -0.2) is 18.0 Å². The number of rotatable bonds is 1. The predicted molar refractivity (Wildman–Crippen MR) is 34.5 cm³/mol. The summed E-state index contributed by atoms with van der Waals surface area (Å²) in [4.78, 5) is 10.4. The first kappa shape index (κ1) is 7.03. The van der Waals surface area contributed by atoms with Crippen LogP contribution in [0.15, 0.2) is 0 Å². The molecule has 3 heteroatoms. The Bertz CT molecular complexity index is 108. The zero-order valence-corrected chi connectivity index (χ0v) is 5.86. The maximum Gasteiger partial charge on any atom is 0.250 e. The van der Waals surface area contributed by atoms with Crippen molar-refractivity contribution in [2.45, 2.75) is 25.4 Å². The van der Waals surface area contributed by atoms with Crippen molar-refractivity contribution in [2.75, 3.05) is 6.61 Å². The summed E-state index contributed by atoms with van der Waals surface area (Å²) in [6.07, 6.45) is 2.59. The molecule has 0 spiro atoms. The molecule has 1 fully saturated rings. The Morgan fingerprint density at radius 1 is 1.56 bits per heavy atom. The molecular formula is C6H9ClO2. The zero-order valence-electron chi connectivity index (χ0n) is 5.10. The Labute approximate surface area is 59.1 Å². The van der Waals surface area contributed by atoms with Crippen molar-refractivity contribution in [3.8, 4) is 0 Å². The van der Waals surface area contributed by atoms with Crippen LogP contribution in [0.1, 0.15) is 19.3 Å². The molecule has 0 aliphatic carbocycles. The van der Waals surface area contributed by atoms with Gasteiger partial charge in [-0.2, -0.15) is 0 Å². The van der Waals surface area contributed by atoms with Crippen molar-refractivity contribution in [1.82, 2.24) is 0 Å². The Balaban J connectivity index is 2.31. The number of carbonyl (C=O) groups is 1. The maximum atomic E-state index is 10.4. The van der Waals surface area contributed by atoms with Crippen molar-refractivity contribution in [1.29, 1.82) is 0 Å². The van der Waals surface area contributed by atoms with Crippen molar-refractivity contribution < 1.29 is 9.53 Å². The lowest BCUT2D eigenvalue weighted by Crippen LogP contribution is -2.24. The third-order valence-corrected chi connectivity index (χ3v) is 1.68. The van der Waals surface area contributed by atoms with Gasteiger partial charge in [0.05, 0.1) is 0 Å². The molecule has 1 saturated heterocycles. The van der Waals surface area contributed by atoms with Gasteiger partial charge >= 0.3 is 0 Å². The maximum absolute atomic E-state index is 10.4. The Morgan fingerprint density at radius 2 is 2.33 bits per heavy atom. The van der Waals surface area contributed by atoms with Gasteiger partial charge in [0, 0.05) is 6.61 Å². The van der Waals surface area contributed by atoms with Gasteiger partial charge in [0.15, 0.2) is 0 Å². The molecule has 1 aliphatic rings. The Hall–Kier alpha value is -0.0800. The number of ether oxygens (including phenoxy) is 1. The normalized spacial score (nSPS) is 27.9. The van der Waals surface area contributed by atoms with E-state index in [0.717, 1.165) is 19.3 Å². The lowest BCUT2D eigenvalue weighted by Gasteiger charge is -2.18. The molecule has 0 amide bonds. The summed E-state index contributed by atoms with van der Waals surface area (Å²) in [5.74, 6) is 0. The highest BCUT2D eigenvalue weighted by Crippen LogP contribution is 2.14. The van der Waals surface area contributed by atoms with E-state index < -0.39 is 0 Å². The summed E-state index contributed by atoms with van der Waals surface area (Å²) in [6, 6.07) is 0. The van der Waals surface area contributed by atoms with Crippen molar-refractivity contribution in [3.05, 3.63) is 0 Å². The number of halogens is 1. The van der Waals surface area contributed by atoms with Gasteiger partial charge in [-0.25, -0.2) is 0 Å². The van der Waals surface area contributed by atoms with Crippen molar-refractivity contribution in [2.24, 2.45) is 0 Å². The molecule has 0 bridgehead atoms. The largest absolute Gasteiger partial charge is 0.369 e. The van der Waals surface area contributed by atoms with E-state index in [-0.39, 0.29) is 11.3 Å². The highest BCUT2D eigenvalue weighted by atomic mass is 35.5. The van der Waals surface area contributed by atoms with Crippen LogP contribution in [0.2, 0.25) is 0 Å². The van der Waals surface area contributed by atoms with Gasteiger partial charge in [0.2, 0.25) is 5.24 Å². The van der Waals surface area contributed by atoms with Crippen LogP contribution in [-0.2, 0) is 9.53 Å². The minimum atomic E-state index is -0.352. The third kappa shape index (κ3) is 1.95. The van der Waals surface area contributed by atoms with Gasteiger partial charge in [-0.15, -0.1) is 0 Å². The van der Waals surface area contributed by atoms with Crippen LogP contribution < -0.4 is 0 Å². The molecule has 1 atom stereocenters. The fraction of sp³-hybridized carbons (Fsp3) is 0.833. The second-order valence-corrected chi connectivity index (χ2v) is 2.53. The predicted octanol–water partition coefficient (Wildman–Crippen LogP) is 1.32. The first-order valence-corrected chi connectivity index (χ1v) is 3.49. The minimum Gasteiger partial charge on any atom is -0.369 e. The quantitative estimate of drug-likeness (QED) is 0.525. The zero-order chi connectivity index (χ0) is 6.69. The molecule has 0 unspecified atom stereocenters. The molecule has 9 heavy (non-hydrogen) atoms. The van der Waals surface area contributed by atoms with E-state index in [1.165, 1.54) is 0 Å². The van der Waals surface area contributed by atoms with E-state index in [2.05, 4.69) is 0 Å². The van der Waals surface area contributed by atoms with Crippen LogP contribution in [0.4, 0.5) is 0 Å². The molecular weight excluding hydrogens is 140 g/mol. The van der Waals surface area contributed by atoms with Crippen LogP contribution in [0.25, 0.3) is 0 Å². The average molecular weight is 149 g/mol. The lowest BCUT2D eigenvalue weighted by molar-refractivity contribution is -0.124. The lowest BCUT2D eigenvalue weighted by atomic mass is 10.1. The standard InChI is InChI=1S/C6H9ClO2/c7-6(8)5-3-1-2-4-9-5/h5H,1-4H2/t5-/m1/s1. The van der Waals surface area contributed by atoms with Crippen LogP contribution >= 0.6 is 11.6 Å². The molecule has 0 radical (unpaired) electrons. The van der Waals surface area contributed by atoms with Gasteiger partial charge < -0.3 is 4.74 Å². The molecule has 0 aromatic heterocycles. The highest BCUT2D eigenvalue weighted by Gasteiger charge is 2.19. The van der Waals surface area contributed by atoms with Crippen LogP contribution in [0.5, 0.6) is 0 Å². The van der Waals surface area contributed by atoms with E-state index in [9.17, 15) is 4.79 Å². The summed E-state index contributed by atoms with van der Waals surface area (Å²) in [6.45, 7) is 0.684. The summed E-state index contributed by atoms with van der Waals surface area (Å²) >= 11 is 5.19. The smallest absolute Gasteiger partial charge is 0.250 e. The summed E-state index contributed by atoms with van der Waals surface area (Å²) < 4.78 is 5.06. The molecule has 1 heterocycles. The van der Waals surface area contributed by atoms with E-state index in [1.807, 2.05) is 0 Å². The third-order valence-electron chi connectivity index (χ3n) is 1.43. The van der Waals surface area contributed by atoms with E-state index in [1.54, 1.807) is 0 Å². The summed E-state index contributed by atoms with van der Waals surface area (Å²) in [5.41, 5.74) is 0. The topological polar surface area (TPSA) is 26.3 Å². The average Bonchev–Trinajstić information content (AvgIpc) is 1.90. The van der Waals surface area contributed by atoms with Gasteiger partial charge in [-0.3, -0.25) is 4.79 Å².